The molecule has 0 radical (unpaired) electrons. The molecular formula is C16H26N2O2S. The van der Waals surface area contributed by atoms with Crippen LogP contribution in [0.3, 0.4) is 0 Å². The maximum absolute atomic E-state index is 5.81. The first-order valence-electron chi connectivity index (χ1n) is 8.22. The maximum atomic E-state index is 5.81. The molecule has 0 saturated carbocycles. The van der Waals surface area contributed by atoms with E-state index in [0.717, 1.165) is 39.3 Å². The zero-order valence-electron chi connectivity index (χ0n) is 12.9. The van der Waals surface area contributed by atoms with Gasteiger partial charge in [0.15, 0.2) is 0 Å². The van der Waals surface area contributed by atoms with E-state index in [1.165, 1.54) is 36.4 Å². The lowest BCUT2D eigenvalue weighted by Gasteiger charge is -2.26. The number of thiazole rings is 1. The number of ether oxygens (including phenoxy) is 2. The Morgan fingerprint density at radius 1 is 1.19 bits per heavy atom. The molecular weight excluding hydrogens is 284 g/mol. The van der Waals surface area contributed by atoms with Crippen LogP contribution in [-0.4, -0.2) is 48.4 Å². The molecule has 5 heteroatoms. The zero-order chi connectivity index (χ0) is 14.5. The fourth-order valence-corrected chi connectivity index (χ4v) is 3.91. The van der Waals surface area contributed by atoms with Crippen molar-refractivity contribution >= 4 is 11.3 Å². The number of aromatic nitrogens is 1. The minimum atomic E-state index is 0.399. The summed E-state index contributed by atoms with van der Waals surface area (Å²) >= 11 is 1.78. The lowest BCUT2D eigenvalue weighted by atomic mass is 10.2. The van der Waals surface area contributed by atoms with Gasteiger partial charge in [-0.25, -0.2) is 4.98 Å². The molecule has 2 fully saturated rings. The standard InChI is InChI=1S/C16H26N2O2S/c1-2-16-17-13(12-21-16)9-18(10-14-5-3-7-19-14)11-15-6-4-8-20-15/h12,14-15H,2-11H2,1H3/t14-,15+. The van der Waals surface area contributed by atoms with Crippen LogP contribution in [0, 0.1) is 0 Å². The van der Waals surface area contributed by atoms with E-state index >= 15 is 0 Å². The van der Waals surface area contributed by atoms with E-state index in [0.29, 0.717) is 12.2 Å². The Morgan fingerprint density at radius 2 is 1.86 bits per heavy atom. The molecule has 4 nitrogen and oxygen atoms in total. The van der Waals surface area contributed by atoms with Gasteiger partial charge in [0.25, 0.3) is 0 Å². The molecule has 3 heterocycles. The summed E-state index contributed by atoms with van der Waals surface area (Å²) in [5.74, 6) is 0. The van der Waals surface area contributed by atoms with Gasteiger partial charge < -0.3 is 9.47 Å². The van der Waals surface area contributed by atoms with E-state index in [-0.39, 0.29) is 0 Å². The fraction of sp³-hybridized carbons (Fsp3) is 0.812. The van der Waals surface area contributed by atoms with E-state index in [9.17, 15) is 0 Å². The van der Waals surface area contributed by atoms with Gasteiger partial charge in [-0.2, -0.15) is 0 Å². The summed E-state index contributed by atoms with van der Waals surface area (Å²) in [6.07, 6.45) is 6.62. The predicted molar refractivity (Wildman–Crippen MR) is 84.7 cm³/mol. The summed E-state index contributed by atoms with van der Waals surface area (Å²) in [6.45, 7) is 6.97. The molecule has 0 N–H and O–H groups in total. The summed E-state index contributed by atoms with van der Waals surface area (Å²) in [7, 11) is 0. The summed E-state index contributed by atoms with van der Waals surface area (Å²) in [5, 5.41) is 3.44. The molecule has 2 aliphatic heterocycles. The van der Waals surface area contributed by atoms with Crippen LogP contribution in [0.2, 0.25) is 0 Å². The first-order chi connectivity index (χ1) is 10.3. The lowest BCUT2D eigenvalue weighted by molar-refractivity contribution is 0.0342. The topological polar surface area (TPSA) is 34.6 Å². The zero-order valence-corrected chi connectivity index (χ0v) is 13.7. The summed E-state index contributed by atoms with van der Waals surface area (Å²) in [5.41, 5.74) is 1.20. The van der Waals surface area contributed by atoms with E-state index in [1.54, 1.807) is 11.3 Å². The van der Waals surface area contributed by atoms with Crippen molar-refractivity contribution in [2.45, 2.75) is 57.8 Å². The Kier molecular flexibility index (Phi) is 5.63. The molecule has 1 aromatic heterocycles. The average molecular weight is 310 g/mol. The Morgan fingerprint density at radius 3 is 2.33 bits per heavy atom. The Bertz CT molecular complexity index is 408. The van der Waals surface area contributed by atoms with Gasteiger partial charge in [-0.05, 0) is 32.1 Å². The molecule has 2 atom stereocenters. The molecule has 0 spiro atoms. The van der Waals surface area contributed by atoms with Gasteiger partial charge in [-0.15, -0.1) is 11.3 Å². The molecule has 2 aliphatic rings. The van der Waals surface area contributed by atoms with Crippen LogP contribution in [0.1, 0.15) is 43.3 Å². The Labute approximate surface area is 131 Å². The molecule has 0 aromatic carbocycles. The first kappa shape index (κ1) is 15.4. The highest BCUT2D eigenvalue weighted by Gasteiger charge is 2.24. The number of nitrogens with zero attached hydrogens (tertiary/aromatic N) is 2. The van der Waals surface area contributed by atoms with Gasteiger partial charge in [-0.3, -0.25) is 4.90 Å². The van der Waals surface area contributed by atoms with Crippen LogP contribution in [0.5, 0.6) is 0 Å². The minimum Gasteiger partial charge on any atom is -0.377 e. The highest BCUT2D eigenvalue weighted by Crippen LogP contribution is 2.19. The predicted octanol–water partition coefficient (Wildman–Crippen LogP) is 2.87. The fourth-order valence-electron chi connectivity index (χ4n) is 3.17. The number of hydrogen-bond acceptors (Lipinski definition) is 5. The molecule has 118 valence electrons. The summed E-state index contributed by atoms with van der Waals surface area (Å²) in [4.78, 5) is 7.20. The highest BCUT2D eigenvalue weighted by molar-refractivity contribution is 7.09. The Balaban J connectivity index is 1.58. The second-order valence-electron chi connectivity index (χ2n) is 6.05. The molecule has 2 saturated heterocycles. The van der Waals surface area contributed by atoms with E-state index in [2.05, 4.69) is 17.2 Å². The third kappa shape index (κ3) is 4.49. The van der Waals surface area contributed by atoms with Crippen LogP contribution < -0.4 is 0 Å². The van der Waals surface area contributed by atoms with E-state index in [4.69, 9.17) is 14.5 Å². The molecule has 0 bridgehead atoms. The van der Waals surface area contributed by atoms with E-state index in [1.807, 2.05) is 0 Å². The maximum Gasteiger partial charge on any atom is 0.0926 e. The highest BCUT2D eigenvalue weighted by atomic mass is 32.1. The van der Waals surface area contributed by atoms with Crippen molar-refractivity contribution in [2.75, 3.05) is 26.3 Å². The smallest absolute Gasteiger partial charge is 0.0926 e. The van der Waals surface area contributed by atoms with Crippen molar-refractivity contribution in [2.24, 2.45) is 0 Å². The van der Waals surface area contributed by atoms with Crippen LogP contribution in [0.4, 0.5) is 0 Å². The Hall–Kier alpha value is -0.490. The third-order valence-corrected chi connectivity index (χ3v) is 5.30. The van der Waals surface area contributed by atoms with Gasteiger partial charge >= 0.3 is 0 Å². The minimum absolute atomic E-state index is 0.399. The van der Waals surface area contributed by atoms with Crippen LogP contribution >= 0.6 is 11.3 Å². The van der Waals surface area contributed by atoms with Gasteiger partial charge in [0.05, 0.1) is 22.9 Å². The SMILES string of the molecule is CCc1nc(CN(C[C@H]2CCCO2)C[C@@H]2CCCO2)cs1. The van der Waals surface area contributed by atoms with Gasteiger partial charge in [0.2, 0.25) is 0 Å². The average Bonchev–Trinajstić information content (AvgIpc) is 3.20. The van der Waals surface area contributed by atoms with Crippen molar-refractivity contribution < 1.29 is 9.47 Å². The largest absolute Gasteiger partial charge is 0.377 e. The van der Waals surface area contributed by atoms with Crippen LogP contribution in [0.25, 0.3) is 0 Å². The number of rotatable bonds is 7. The van der Waals surface area contributed by atoms with Gasteiger partial charge in [0, 0.05) is 38.2 Å². The van der Waals surface area contributed by atoms with Crippen molar-refractivity contribution in [3.63, 3.8) is 0 Å². The molecule has 0 aliphatic carbocycles. The monoisotopic (exact) mass is 310 g/mol. The normalized spacial score (nSPS) is 26.0. The molecule has 1 aromatic rings. The second-order valence-corrected chi connectivity index (χ2v) is 6.99. The third-order valence-electron chi connectivity index (χ3n) is 4.26. The first-order valence-corrected chi connectivity index (χ1v) is 9.10. The van der Waals surface area contributed by atoms with Crippen LogP contribution in [0.15, 0.2) is 5.38 Å². The molecule has 0 amide bonds. The number of aryl methyl sites for hydroxylation is 1. The second kappa shape index (κ2) is 7.68. The van der Waals surface area contributed by atoms with Crippen LogP contribution in [-0.2, 0) is 22.4 Å². The summed E-state index contributed by atoms with van der Waals surface area (Å²) < 4.78 is 11.6. The van der Waals surface area contributed by atoms with E-state index < -0.39 is 0 Å². The van der Waals surface area contributed by atoms with Crippen molar-refractivity contribution in [1.82, 2.24) is 9.88 Å². The van der Waals surface area contributed by atoms with Crippen molar-refractivity contribution in [1.29, 1.82) is 0 Å². The number of hydrogen-bond donors (Lipinski definition) is 0. The molecule has 0 unspecified atom stereocenters. The van der Waals surface area contributed by atoms with Crippen molar-refractivity contribution in [3.8, 4) is 0 Å². The van der Waals surface area contributed by atoms with Crippen molar-refractivity contribution in [3.05, 3.63) is 16.1 Å². The van der Waals surface area contributed by atoms with Gasteiger partial charge in [0.1, 0.15) is 0 Å². The summed E-state index contributed by atoms with van der Waals surface area (Å²) in [6, 6.07) is 0. The molecule has 3 rings (SSSR count). The van der Waals surface area contributed by atoms with Gasteiger partial charge in [-0.1, -0.05) is 6.92 Å². The molecule has 21 heavy (non-hydrogen) atoms. The lowest BCUT2D eigenvalue weighted by Crippen LogP contribution is -2.37. The quantitative estimate of drug-likeness (QED) is 0.775.